The van der Waals surface area contributed by atoms with Crippen LogP contribution >= 0.6 is 0 Å². The molecule has 0 radical (unpaired) electrons. The molecule has 2 rings (SSSR count). The number of methoxy groups -OCH3 is 1. The first kappa shape index (κ1) is 15.0. The van der Waals surface area contributed by atoms with Gasteiger partial charge in [0.1, 0.15) is 5.82 Å². The molecule has 0 atom stereocenters. The van der Waals surface area contributed by atoms with Gasteiger partial charge < -0.3 is 20.7 Å². The Morgan fingerprint density at radius 3 is 3.00 bits per heavy atom. The number of hydrogen-bond donors (Lipinski definition) is 4. The first-order valence-electron chi connectivity index (χ1n) is 6.69. The molecule has 0 aliphatic carbocycles. The third-order valence-corrected chi connectivity index (χ3v) is 2.69. The number of anilines is 2. The maximum Gasteiger partial charge on any atom is 0.239 e. The predicted molar refractivity (Wildman–Crippen MR) is 79.2 cm³/mol. The highest BCUT2D eigenvalue weighted by atomic mass is 16.5. The van der Waals surface area contributed by atoms with E-state index in [0.29, 0.717) is 37.1 Å². The fourth-order valence-corrected chi connectivity index (χ4v) is 1.73. The summed E-state index contributed by atoms with van der Waals surface area (Å²) >= 11 is 0. The van der Waals surface area contributed by atoms with Gasteiger partial charge in [-0.1, -0.05) is 0 Å². The van der Waals surface area contributed by atoms with E-state index in [0.717, 1.165) is 5.39 Å². The third-order valence-electron chi connectivity index (χ3n) is 2.69. The van der Waals surface area contributed by atoms with E-state index in [9.17, 15) is 4.79 Å². The molecule has 0 fully saturated rings. The summed E-state index contributed by atoms with van der Waals surface area (Å²) < 4.78 is 4.87. The van der Waals surface area contributed by atoms with Crippen LogP contribution in [0.1, 0.15) is 6.92 Å². The number of H-pyrrole nitrogens is 1. The summed E-state index contributed by atoms with van der Waals surface area (Å²) in [5.74, 6) is 0.912. The van der Waals surface area contributed by atoms with E-state index >= 15 is 0 Å². The number of nitrogens with zero attached hydrogens (tertiary/aromatic N) is 3. The second-order valence-electron chi connectivity index (χ2n) is 4.25. The number of amides is 1. The van der Waals surface area contributed by atoms with Crippen molar-refractivity contribution in [3.8, 4) is 0 Å². The number of hydrogen-bond acceptors (Lipinski definition) is 7. The van der Waals surface area contributed by atoms with Gasteiger partial charge in [0.2, 0.25) is 11.9 Å². The van der Waals surface area contributed by atoms with Gasteiger partial charge in [-0.25, -0.2) is 0 Å². The lowest BCUT2D eigenvalue weighted by atomic mass is 10.4. The average Bonchev–Trinajstić information content (AvgIpc) is 2.94. The van der Waals surface area contributed by atoms with Crippen molar-refractivity contribution >= 4 is 28.7 Å². The predicted octanol–water partition coefficient (Wildman–Crippen LogP) is -0.0408. The molecule has 0 saturated carbocycles. The topological polar surface area (TPSA) is 117 Å². The van der Waals surface area contributed by atoms with E-state index < -0.39 is 0 Å². The van der Waals surface area contributed by atoms with Gasteiger partial charge in [-0.05, 0) is 6.92 Å². The molecule has 1 amide bonds. The summed E-state index contributed by atoms with van der Waals surface area (Å²) in [7, 11) is 1.59. The molecule has 0 aliphatic heterocycles. The van der Waals surface area contributed by atoms with E-state index in [2.05, 4.69) is 36.1 Å². The minimum absolute atomic E-state index is 0.118. The van der Waals surface area contributed by atoms with Crippen molar-refractivity contribution in [2.75, 3.05) is 44.0 Å². The van der Waals surface area contributed by atoms with Crippen LogP contribution in [0.15, 0.2) is 6.20 Å². The maximum absolute atomic E-state index is 11.7. The lowest BCUT2D eigenvalue weighted by Crippen LogP contribution is -2.32. The third kappa shape index (κ3) is 4.02. The number of fused-ring (bicyclic) bond motifs is 1. The van der Waals surface area contributed by atoms with Gasteiger partial charge in [0.05, 0.1) is 24.7 Å². The monoisotopic (exact) mass is 293 g/mol. The molecule has 9 heteroatoms. The first-order valence-corrected chi connectivity index (χ1v) is 6.69. The highest BCUT2D eigenvalue weighted by Crippen LogP contribution is 2.19. The molecule has 0 spiro atoms. The number of carbonyl (C=O) groups is 1. The van der Waals surface area contributed by atoms with E-state index in [1.165, 1.54) is 0 Å². The van der Waals surface area contributed by atoms with E-state index in [-0.39, 0.29) is 12.5 Å². The van der Waals surface area contributed by atoms with Crippen LogP contribution in [0.3, 0.4) is 0 Å². The lowest BCUT2D eigenvalue weighted by molar-refractivity contribution is -0.119. The van der Waals surface area contributed by atoms with Crippen LogP contribution in [-0.4, -0.2) is 59.4 Å². The number of carbonyl (C=O) groups excluding carboxylic acids is 1. The van der Waals surface area contributed by atoms with E-state index in [1.54, 1.807) is 13.3 Å². The molecule has 0 bridgehead atoms. The number of aromatic nitrogens is 4. The highest BCUT2D eigenvalue weighted by Gasteiger charge is 2.10. The van der Waals surface area contributed by atoms with Gasteiger partial charge in [-0.15, -0.1) is 0 Å². The Labute approximate surface area is 121 Å². The zero-order chi connectivity index (χ0) is 15.1. The Hall–Kier alpha value is -2.42. The quantitative estimate of drug-likeness (QED) is 0.504. The summed E-state index contributed by atoms with van der Waals surface area (Å²) in [6, 6.07) is 0. The molecule has 9 nitrogen and oxygen atoms in total. The van der Waals surface area contributed by atoms with Gasteiger partial charge in [0.15, 0.2) is 5.65 Å². The van der Waals surface area contributed by atoms with Crippen molar-refractivity contribution in [3.05, 3.63) is 6.20 Å². The molecule has 2 aromatic rings. The molecule has 2 heterocycles. The summed E-state index contributed by atoms with van der Waals surface area (Å²) in [6.45, 7) is 3.74. The summed E-state index contributed by atoms with van der Waals surface area (Å²) in [5.41, 5.74) is 0.614. The number of aromatic amines is 1. The van der Waals surface area contributed by atoms with Crippen molar-refractivity contribution in [3.63, 3.8) is 0 Å². The largest absolute Gasteiger partial charge is 0.383 e. The standard InChI is InChI=1S/C12H19N7O2/c1-3-13-12-17-10(8-6-16-19-11(8)18-12)15-7-9(20)14-4-5-21-2/h6H,3-5,7H2,1-2H3,(H,14,20)(H3,13,15,16,17,18,19). The highest BCUT2D eigenvalue weighted by molar-refractivity contribution is 5.89. The number of nitrogens with one attached hydrogen (secondary N) is 4. The first-order chi connectivity index (χ1) is 10.2. The molecule has 0 saturated heterocycles. The molecule has 0 unspecified atom stereocenters. The van der Waals surface area contributed by atoms with Gasteiger partial charge in [-0.3, -0.25) is 9.89 Å². The van der Waals surface area contributed by atoms with Crippen LogP contribution in [0.25, 0.3) is 11.0 Å². The fraction of sp³-hybridized carbons (Fsp3) is 0.500. The molecule has 21 heavy (non-hydrogen) atoms. The SMILES string of the molecule is CCNc1nc(NCC(=O)NCCOC)c2cn[nH]c2n1. The van der Waals surface area contributed by atoms with Gasteiger partial charge >= 0.3 is 0 Å². The Kier molecular flexibility index (Phi) is 5.27. The lowest BCUT2D eigenvalue weighted by Gasteiger charge is -2.09. The smallest absolute Gasteiger partial charge is 0.239 e. The molecular weight excluding hydrogens is 274 g/mol. The van der Waals surface area contributed by atoms with Crippen molar-refractivity contribution in [1.82, 2.24) is 25.5 Å². The number of rotatable bonds is 8. The van der Waals surface area contributed by atoms with Crippen molar-refractivity contribution < 1.29 is 9.53 Å². The molecular formula is C12H19N7O2. The number of ether oxygens (including phenoxy) is 1. The second kappa shape index (κ2) is 7.39. The van der Waals surface area contributed by atoms with Crippen molar-refractivity contribution in [2.45, 2.75) is 6.92 Å². The molecule has 114 valence electrons. The molecule has 0 aromatic carbocycles. The van der Waals surface area contributed by atoms with Gasteiger partial charge in [-0.2, -0.15) is 15.1 Å². The van der Waals surface area contributed by atoms with Crippen LogP contribution < -0.4 is 16.0 Å². The van der Waals surface area contributed by atoms with Gasteiger partial charge in [0.25, 0.3) is 0 Å². The Morgan fingerprint density at radius 1 is 1.38 bits per heavy atom. The average molecular weight is 293 g/mol. The Bertz CT molecular complexity index is 598. The summed E-state index contributed by atoms with van der Waals surface area (Å²) in [4.78, 5) is 20.3. The minimum Gasteiger partial charge on any atom is -0.383 e. The zero-order valence-electron chi connectivity index (χ0n) is 12.1. The molecule has 4 N–H and O–H groups in total. The van der Waals surface area contributed by atoms with Crippen molar-refractivity contribution in [1.29, 1.82) is 0 Å². The van der Waals surface area contributed by atoms with Crippen LogP contribution in [0.2, 0.25) is 0 Å². The van der Waals surface area contributed by atoms with E-state index in [4.69, 9.17) is 4.74 Å². The summed E-state index contributed by atoms with van der Waals surface area (Å²) in [6.07, 6.45) is 1.62. The normalized spacial score (nSPS) is 10.6. The summed E-state index contributed by atoms with van der Waals surface area (Å²) in [5, 5.41) is 16.2. The Morgan fingerprint density at radius 2 is 2.24 bits per heavy atom. The van der Waals surface area contributed by atoms with Crippen LogP contribution in [0.5, 0.6) is 0 Å². The Balaban J connectivity index is 2.03. The maximum atomic E-state index is 11.7. The van der Waals surface area contributed by atoms with Gasteiger partial charge in [0, 0.05) is 20.2 Å². The zero-order valence-corrected chi connectivity index (χ0v) is 12.1. The van der Waals surface area contributed by atoms with Crippen molar-refractivity contribution in [2.24, 2.45) is 0 Å². The van der Waals surface area contributed by atoms with E-state index in [1.807, 2.05) is 6.92 Å². The van der Waals surface area contributed by atoms with Crippen LogP contribution in [-0.2, 0) is 9.53 Å². The van der Waals surface area contributed by atoms with Crippen LogP contribution in [0, 0.1) is 0 Å². The fourth-order valence-electron chi connectivity index (χ4n) is 1.73. The molecule has 0 aliphatic rings. The minimum atomic E-state index is -0.132. The second-order valence-corrected chi connectivity index (χ2v) is 4.25. The van der Waals surface area contributed by atoms with Crippen LogP contribution in [0.4, 0.5) is 11.8 Å². The molecule has 2 aromatic heterocycles.